The molecule has 30 heavy (non-hydrogen) atoms. The molecule has 0 bridgehead atoms. The van der Waals surface area contributed by atoms with E-state index in [-0.39, 0.29) is 11.7 Å². The molecular formula is C24H23ClN2O3. The third-order valence-corrected chi connectivity index (χ3v) is 6.34. The molecule has 6 heteroatoms. The Kier molecular flexibility index (Phi) is 5.32. The number of fused-ring (bicyclic) bond motifs is 2. The number of halogens is 1. The summed E-state index contributed by atoms with van der Waals surface area (Å²) < 4.78 is 11.2. The quantitative estimate of drug-likeness (QED) is 0.567. The number of carbonyl (C=O) groups excluding carboxylic acids is 1. The maximum absolute atomic E-state index is 13.0. The summed E-state index contributed by atoms with van der Waals surface area (Å²) in [4.78, 5) is 19.9. The predicted molar refractivity (Wildman–Crippen MR) is 117 cm³/mol. The molecule has 0 aliphatic carbocycles. The van der Waals surface area contributed by atoms with Crippen LogP contribution in [0.4, 0.5) is 0 Å². The fraction of sp³-hybridized carbons (Fsp3) is 0.333. The van der Waals surface area contributed by atoms with Crippen molar-refractivity contribution >= 4 is 28.3 Å². The lowest BCUT2D eigenvalue weighted by atomic mass is 9.88. The summed E-state index contributed by atoms with van der Waals surface area (Å²) in [5, 5.41) is 1.84. The number of piperidine rings is 1. The van der Waals surface area contributed by atoms with Gasteiger partial charge < -0.3 is 9.47 Å². The predicted octanol–water partition coefficient (Wildman–Crippen LogP) is 4.75. The van der Waals surface area contributed by atoms with Gasteiger partial charge in [-0.1, -0.05) is 23.7 Å². The largest absolute Gasteiger partial charge is 0.486 e. The molecule has 0 atom stereocenters. The Morgan fingerprint density at radius 2 is 1.87 bits per heavy atom. The zero-order chi connectivity index (χ0) is 20.5. The van der Waals surface area contributed by atoms with Gasteiger partial charge in [-0.2, -0.15) is 0 Å². The van der Waals surface area contributed by atoms with Crippen LogP contribution in [0.1, 0.15) is 28.8 Å². The van der Waals surface area contributed by atoms with Gasteiger partial charge in [-0.05, 0) is 56.3 Å². The highest BCUT2D eigenvalue weighted by atomic mass is 35.5. The smallest absolute Gasteiger partial charge is 0.166 e. The van der Waals surface area contributed by atoms with E-state index < -0.39 is 0 Å². The van der Waals surface area contributed by atoms with Gasteiger partial charge in [-0.15, -0.1) is 0 Å². The van der Waals surface area contributed by atoms with E-state index in [1.165, 1.54) is 0 Å². The molecule has 0 radical (unpaired) electrons. The second-order valence-electron chi connectivity index (χ2n) is 7.87. The summed E-state index contributed by atoms with van der Waals surface area (Å²) >= 11 is 6.50. The van der Waals surface area contributed by atoms with Gasteiger partial charge in [0.25, 0.3) is 0 Å². The lowest BCUT2D eigenvalue weighted by molar-refractivity contribution is 0.0834. The normalized spacial score (nSPS) is 17.2. The molecule has 3 heterocycles. The minimum Gasteiger partial charge on any atom is -0.486 e. The van der Waals surface area contributed by atoms with Crippen molar-refractivity contribution in [2.75, 3.05) is 26.3 Å². The van der Waals surface area contributed by atoms with Crippen LogP contribution in [0.5, 0.6) is 11.5 Å². The highest BCUT2D eigenvalue weighted by molar-refractivity contribution is 6.32. The Bertz CT molecular complexity index is 1090. The molecule has 0 N–H and O–H groups in total. The van der Waals surface area contributed by atoms with Crippen molar-refractivity contribution in [3.05, 3.63) is 64.8 Å². The van der Waals surface area contributed by atoms with Gasteiger partial charge >= 0.3 is 0 Å². The number of hydrogen-bond donors (Lipinski definition) is 0. The average Bonchev–Trinajstić information content (AvgIpc) is 2.80. The summed E-state index contributed by atoms with van der Waals surface area (Å²) in [6.45, 7) is 3.54. The minimum atomic E-state index is 0.0323. The van der Waals surface area contributed by atoms with Crippen molar-refractivity contribution in [2.24, 2.45) is 5.92 Å². The first-order valence-electron chi connectivity index (χ1n) is 10.4. The Labute approximate surface area is 180 Å². The zero-order valence-electron chi connectivity index (χ0n) is 16.6. The molecule has 0 saturated carbocycles. The monoisotopic (exact) mass is 422 g/mol. The van der Waals surface area contributed by atoms with Gasteiger partial charge in [0.15, 0.2) is 17.3 Å². The van der Waals surface area contributed by atoms with Crippen LogP contribution in [0.15, 0.2) is 48.7 Å². The number of nitrogens with zero attached hydrogens (tertiary/aromatic N) is 2. The second kappa shape index (κ2) is 8.25. The van der Waals surface area contributed by atoms with E-state index >= 15 is 0 Å². The molecule has 1 fully saturated rings. The van der Waals surface area contributed by atoms with Gasteiger partial charge in [0.1, 0.15) is 13.2 Å². The van der Waals surface area contributed by atoms with Crippen molar-refractivity contribution in [3.63, 3.8) is 0 Å². The number of benzene rings is 2. The second-order valence-corrected chi connectivity index (χ2v) is 8.28. The summed E-state index contributed by atoms with van der Waals surface area (Å²) in [6, 6.07) is 13.5. The lowest BCUT2D eigenvalue weighted by Crippen LogP contribution is -2.36. The van der Waals surface area contributed by atoms with E-state index in [0.717, 1.165) is 54.0 Å². The van der Waals surface area contributed by atoms with Crippen molar-refractivity contribution < 1.29 is 14.3 Å². The fourth-order valence-electron chi connectivity index (χ4n) is 4.34. The highest BCUT2D eigenvalue weighted by Crippen LogP contribution is 2.33. The van der Waals surface area contributed by atoms with Crippen LogP contribution < -0.4 is 9.47 Å². The number of carbonyl (C=O) groups is 1. The van der Waals surface area contributed by atoms with Crippen LogP contribution in [0.3, 0.4) is 0 Å². The number of Topliss-reactive ketones (excluding diaryl/α,β-unsaturated/α-hetero) is 1. The lowest BCUT2D eigenvalue weighted by Gasteiger charge is -2.31. The van der Waals surface area contributed by atoms with Crippen molar-refractivity contribution in [1.82, 2.24) is 9.88 Å². The number of rotatable bonds is 4. The van der Waals surface area contributed by atoms with Crippen LogP contribution in [0.2, 0.25) is 5.02 Å². The number of ketones is 1. The Hall–Kier alpha value is -2.63. The van der Waals surface area contributed by atoms with Crippen LogP contribution in [0.25, 0.3) is 10.9 Å². The van der Waals surface area contributed by atoms with Gasteiger partial charge in [0.2, 0.25) is 0 Å². The molecule has 1 aromatic heterocycles. The van der Waals surface area contributed by atoms with Crippen LogP contribution in [-0.2, 0) is 6.54 Å². The van der Waals surface area contributed by atoms with E-state index in [9.17, 15) is 4.79 Å². The van der Waals surface area contributed by atoms with Gasteiger partial charge in [-0.3, -0.25) is 14.7 Å². The van der Waals surface area contributed by atoms with E-state index in [1.54, 1.807) is 6.20 Å². The van der Waals surface area contributed by atoms with E-state index in [1.807, 2.05) is 36.4 Å². The Morgan fingerprint density at radius 1 is 1.07 bits per heavy atom. The van der Waals surface area contributed by atoms with Crippen LogP contribution in [-0.4, -0.2) is 42.0 Å². The third kappa shape index (κ3) is 3.75. The molecule has 1 saturated heterocycles. The van der Waals surface area contributed by atoms with E-state index in [4.69, 9.17) is 21.1 Å². The molecule has 5 nitrogen and oxygen atoms in total. The maximum atomic E-state index is 13.0. The van der Waals surface area contributed by atoms with Gasteiger partial charge in [-0.25, -0.2) is 0 Å². The number of aromatic nitrogens is 1. The van der Waals surface area contributed by atoms with Crippen LogP contribution in [0, 0.1) is 5.92 Å². The molecule has 3 aromatic rings. The molecule has 154 valence electrons. The third-order valence-electron chi connectivity index (χ3n) is 5.99. The van der Waals surface area contributed by atoms with E-state index in [0.29, 0.717) is 30.3 Å². The maximum Gasteiger partial charge on any atom is 0.166 e. The molecule has 5 rings (SSSR count). The summed E-state index contributed by atoms with van der Waals surface area (Å²) in [5.41, 5.74) is 2.73. The molecule has 2 aliphatic rings. The first-order chi connectivity index (χ1) is 14.7. The number of hydrogen-bond acceptors (Lipinski definition) is 5. The van der Waals surface area contributed by atoms with Crippen molar-refractivity contribution in [1.29, 1.82) is 0 Å². The number of ether oxygens (including phenoxy) is 2. The van der Waals surface area contributed by atoms with Gasteiger partial charge in [0, 0.05) is 40.2 Å². The summed E-state index contributed by atoms with van der Waals surface area (Å²) in [5.74, 6) is 1.61. The first-order valence-corrected chi connectivity index (χ1v) is 10.7. The topological polar surface area (TPSA) is 51.7 Å². The van der Waals surface area contributed by atoms with Crippen molar-refractivity contribution in [2.45, 2.75) is 19.4 Å². The SMILES string of the molecule is O=C(c1ccc2c(c1)OCCO2)C1CCN(Cc2c(Cl)ccc3cccnc23)CC1. The minimum absolute atomic E-state index is 0.0323. The molecular weight excluding hydrogens is 400 g/mol. The standard InChI is InChI=1S/C24H23ClN2O3/c25-20-5-3-16-2-1-9-26-23(16)19(20)15-27-10-7-17(8-11-27)24(28)18-4-6-21-22(14-18)30-13-12-29-21/h1-6,9,14,17H,7-8,10-13,15H2. The summed E-state index contributed by atoms with van der Waals surface area (Å²) in [6.07, 6.45) is 3.48. The molecule has 0 spiro atoms. The van der Waals surface area contributed by atoms with Crippen molar-refractivity contribution in [3.8, 4) is 11.5 Å². The zero-order valence-corrected chi connectivity index (χ0v) is 17.4. The molecule has 2 aliphatic heterocycles. The Morgan fingerprint density at radius 3 is 2.70 bits per heavy atom. The molecule has 0 amide bonds. The Balaban J connectivity index is 1.26. The average molecular weight is 423 g/mol. The first kappa shape index (κ1) is 19.3. The van der Waals surface area contributed by atoms with Crippen LogP contribution >= 0.6 is 11.6 Å². The van der Waals surface area contributed by atoms with Gasteiger partial charge in [0.05, 0.1) is 5.52 Å². The summed E-state index contributed by atoms with van der Waals surface area (Å²) in [7, 11) is 0. The van der Waals surface area contributed by atoms with E-state index in [2.05, 4.69) is 16.0 Å². The highest BCUT2D eigenvalue weighted by Gasteiger charge is 2.27. The molecule has 0 unspecified atom stereocenters. The number of pyridine rings is 1. The molecule has 2 aromatic carbocycles. The number of likely N-dealkylation sites (tertiary alicyclic amines) is 1. The fourth-order valence-corrected chi connectivity index (χ4v) is 4.55.